The summed E-state index contributed by atoms with van der Waals surface area (Å²) in [6.07, 6.45) is 0. The first-order chi connectivity index (χ1) is 9.92. The molecule has 2 rings (SSSR count). The first-order valence-corrected chi connectivity index (χ1v) is 8.79. The molecule has 0 atom stereocenters. The van der Waals surface area contributed by atoms with E-state index in [1.165, 1.54) is 0 Å². The van der Waals surface area contributed by atoms with Gasteiger partial charge >= 0.3 is 0 Å². The van der Waals surface area contributed by atoms with Crippen molar-refractivity contribution in [3.63, 3.8) is 0 Å². The van der Waals surface area contributed by atoms with Gasteiger partial charge in [0.1, 0.15) is 0 Å². The highest BCUT2D eigenvalue weighted by atomic mass is 79.9. The SMILES string of the molecule is CNCc1cccc(S(=O)(=O)Nc2ccc(Br)cc2Cl)c1. The number of rotatable bonds is 5. The highest BCUT2D eigenvalue weighted by Crippen LogP contribution is 2.27. The molecule has 2 aromatic carbocycles. The van der Waals surface area contributed by atoms with Gasteiger partial charge in [-0.1, -0.05) is 39.7 Å². The van der Waals surface area contributed by atoms with Crippen LogP contribution in [-0.2, 0) is 16.6 Å². The molecule has 7 heteroatoms. The summed E-state index contributed by atoms with van der Waals surface area (Å²) in [5.74, 6) is 0. The molecule has 0 aliphatic carbocycles. The van der Waals surface area contributed by atoms with Crippen LogP contribution >= 0.6 is 27.5 Å². The Morgan fingerprint density at radius 1 is 1.19 bits per heavy atom. The van der Waals surface area contributed by atoms with Gasteiger partial charge in [0.2, 0.25) is 0 Å². The lowest BCUT2D eigenvalue weighted by Crippen LogP contribution is -2.14. The van der Waals surface area contributed by atoms with Crippen LogP contribution in [0.15, 0.2) is 51.8 Å². The van der Waals surface area contributed by atoms with Gasteiger partial charge in [-0.15, -0.1) is 0 Å². The van der Waals surface area contributed by atoms with E-state index in [1.807, 2.05) is 6.07 Å². The van der Waals surface area contributed by atoms with Crippen LogP contribution in [0.5, 0.6) is 0 Å². The Labute approximate surface area is 137 Å². The van der Waals surface area contributed by atoms with Crippen molar-refractivity contribution >= 4 is 43.2 Å². The Bertz CT molecular complexity index is 750. The van der Waals surface area contributed by atoms with Crippen molar-refractivity contribution in [2.24, 2.45) is 0 Å². The zero-order chi connectivity index (χ0) is 15.5. The third kappa shape index (κ3) is 4.20. The van der Waals surface area contributed by atoms with Crippen LogP contribution in [-0.4, -0.2) is 15.5 Å². The Balaban J connectivity index is 2.31. The minimum Gasteiger partial charge on any atom is -0.316 e. The van der Waals surface area contributed by atoms with Crippen LogP contribution in [0, 0.1) is 0 Å². The molecule has 0 bridgehead atoms. The fraction of sp³-hybridized carbons (Fsp3) is 0.143. The van der Waals surface area contributed by atoms with Crippen LogP contribution in [0.25, 0.3) is 0 Å². The van der Waals surface area contributed by atoms with E-state index in [1.54, 1.807) is 43.4 Å². The minimum absolute atomic E-state index is 0.203. The minimum atomic E-state index is -3.67. The standard InChI is InChI=1S/C14H14BrClN2O2S/c1-17-9-10-3-2-4-12(7-10)21(19,20)18-14-6-5-11(15)8-13(14)16/h2-8,17-18H,9H2,1H3. The second kappa shape index (κ2) is 6.79. The third-order valence-corrected chi connectivity index (χ3v) is 4.93. The quantitative estimate of drug-likeness (QED) is 0.821. The van der Waals surface area contributed by atoms with Gasteiger partial charge in [0.25, 0.3) is 10.0 Å². The summed E-state index contributed by atoms with van der Waals surface area (Å²) in [6.45, 7) is 0.600. The molecular formula is C14H14BrClN2O2S. The highest BCUT2D eigenvalue weighted by molar-refractivity contribution is 9.10. The number of hydrogen-bond donors (Lipinski definition) is 2. The van der Waals surface area contributed by atoms with E-state index in [-0.39, 0.29) is 4.90 Å². The van der Waals surface area contributed by atoms with Gasteiger partial charge in [0.05, 0.1) is 15.6 Å². The molecule has 0 radical (unpaired) electrons. The van der Waals surface area contributed by atoms with Crippen LogP contribution in [0.3, 0.4) is 0 Å². The first-order valence-electron chi connectivity index (χ1n) is 6.14. The van der Waals surface area contributed by atoms with E-state index in [0.717, 1.165) is 10.0 Å². The average molecular weight is 390 g/mol. The van der Waals surface area contributed by atoms with Crippen molar-refractivity contribution in [2.45, 2.75) is 11.4 Å². The van der Waals surface area contributed by atoms with Gasteiger partial charge < -0.3 is 5.32 Å². The summed E-state index contributed by atoms with van der Waals surface area (Å²) in [5, 5.41) is 3.32. The number of nitrogens with one attached hydrogen (secondary N) is 2. The lowest BCUT2D eigenvalue weighted by molar-refractivity contribution is 0.601. The number of benzene rings is 2. The number of halogens is 2. The van der Waals surface area contributed by atoms with Gasteiger partial charge in [0, 0.05) is 11.0 Å². The molecule has 4 nitrogen and oxygen atoms in total. The topological polar surface area (TPSA) is 58.2 Å². The molecule has 0 aliphatic rings. The van der Waals surface area contributed by atoms with Gasteiger partial charge in [-0.3, -0.25) is 4.72 Å². The lowest BCUT2D eigenvalue weighted by atomic mass is 10.2. The molecule has 2 aromatic rings. The predicted molar refractivity (Wildman–Crippen MR) is 89.2 cm³/mol. The van der Waals surface area contributed by atoms with E-state index in [2.05, 4.69) is 26.0 Å². The summed E-state index contributed by atoms with van der Waals surface area (Å²) in [4.78, 5) is 0.203. The first kappa shape index (κ1) is 16.3. The van der Waals surface area contributed by atoms with Gasteiger partial charge in [-0.05, 0) is 42.9 Å². The molecule has 0 amide bonds. The maximum Gasteiger partial charge on any atom is 0.261 e. The molecule has 0 spiro atoms. The van der Waals surface area contributed by atoms with Crippen LogP contribution in [0.4, 0.5) is 5.69 Å². The molecule has 0 saturated carbocycles. The van der Waals surface area contributed by atoms with Crippen molar-refractivity contribution in [1.29, 1.82) is 0 Å². The van der Waals surface area contributed by atoms with Gasteiger partial charge in [-0.25, -0.2) is 8.42 Å². The zero-order valence-corrected chi connectivity index (χ0v) is 14.4. The molecule has 0 heterocycles. The maximum absolute atomic E-state index is 12.4. The summed E-state index contributed by atoms with van der Waals surface area (Å²) in [5.41, 5.74) is 1.24. The van der Waals surface area contributed by atoms with Crippen molar-refractivity contribution in [3.8, 4) is 0 Å². The molecule has 21 heavy (non-hydrogen) atoms. The van der Waals surface area contributed by atoms with E-state index in [4.69, 9.17) is 11.6 Å². The Morgan fingerprint density at radius 3 is 2.62 bits per heavy atom. The molecule has 0 unspecified atom stereocenters. The largest absolute Gasteiger partial charge is 0.316 e. The van der Waals surface area contributed by atoms with Crippen molar-refractivity contribution < 1.29 is 8.42 Å². The van der Waals surface area contributed by atoms with E-state index < -0.39 is 10.0 Å². The van der Waals surface area contributed by atoms with E-state index >= 15 is 0 Å². The van der Waals surface area contributed by atoms with Gasteiger partial charge in [0.15, 0.2) is 0 Å². The maximum atomic E-state index is 12.4. The Morgan fingerprint density at radius 2 is 1.95 bits per heavy atom. The summed E-state index contributed by atoms with van der Waals surface area (Å²) >= 11 is 9.32. The number of sulfonamides is 1. The molecule has 0 aliphatic heterocycles. The summed E-state index contributed by atoms with van der Waals surface area (Å²) in [7, 11) is -1.86. The molecular weight excluding hydrogens is 376 g/mol. The highest BCUT2D eigenvalue weighted by Gasteiger charge is 2.16. The monoisotopic (exact) mass is 388 g/mol. The van der Waals surface area contributed by atoms with Crippen molar-refractivity contribution in [1.82, 2.24) is 5.32 Å². The lowest BCUT2D eigenvalue weighted by Gasteiger charge is -2.11. The van der Waals surface area contributed by atoms with Crippen molar-refractivity contribution in [3.05, 3.63) is 57.5 Å². The van der Waals surface area contributed by atoms with Crippen LogP contribution < -0.4 is 10.0 Å². The second-order valence-electron chi connectivity index (χ2n) is 4.41. The normalized spacial score (nSPS) is 11.4. The number of anilines is 1. The molecule has 0 aromatic heterocycles. The van der Waals surface area contributed by atoms with Crippen molar-refractivity contribution in [2.75, 3.05) is 11.8 Å². The fourth-order valence-corrected chi connectivity index (χ4v) is 3.73. The summed E-state index contributed by atoms with van der Waals surface area (Å²) in [6, 6.07) is 11.7. The fourth-order valence-electron chi connectivity index (χ4n) is 1.80. The smallest absolute Gasteiger partial charge is 0.261 e. The Kier molecular flexibility index (Phi) is 5.27. The average Bonchev–Trinajstić information content (AvgIpc) is 2.43. The molecule has 0 saturated heterocycles. The molecule has 2 N–H and O–H groups in total. The van der Waals surface area contributed by atoms with Crippen LogP contribution in [0.1, 0.15) is 5.56 Å². The number of hydrogen-bond acceptors (Lipinski definition) is 3. The van der Waals surface area contributed by atoms with E-state index in [0.29, 0.717) is 17.3 Å². The van der Waals surface area contributed by atoms with Gasteiger partial charge in [-0.2, -0.15) is 0 Å². The molecule has 112 valence electrons. The second-order valence-corrected chi connectivity index (χ2v) is 7.41. The third-order valence-electron chi connectivity index (χ3n) is 2.77. The van der Waals surface area contributed by atoms with E-state index in [9.17, 15) is 8.42 Å². The van der Waals surface area contributed by atoms with Crippen LogP contribution in [0.2, 0.25) is 5.02 Å². The molecule has 0 fully saturated rings. The zero-order valence-electron chi connectivity index (χ0n) is 11.2. The predicted octanol–water partition coefficient (Wildman–Crippen LogP) is 3.62. The Hall–Kier alpha value is -1.08. The summed E-state index contributed by atoms with van der Waals surface area (Å²) < 4.78 is 28.1.